The monoisotopic (exact) mass is 278 g/mol. The van der Waals surface area contributed by atoms with Crippen molar-refractivity contribution in [2.75, 3.05) is 21.2 Å². The lowest BCUT2D eigenvalue weighted by Crippen LogP contribution is -2.51. The molecular formula is C16H26N2O2. The maximum absolute atomic E-state index is 11.0. The molecule has 4 nitrogen and oxygen atoms in total. The van der Waals surface area contributed by atoms with Crippen LogP contribution in [0.15, 0.2) is 18.3 Å². The molecule has 1 atom stereocenters. The van der Waals surface area contributed by atoms with E-state index in [1.165, 1.54) is 0 Å². The third-order valence-corrected chi connectivity index (χ3v) is 4.82. The summed E-state index contributed by atoms with van der Waals surface area (Å²) in [5.74, 6) is 1.40. The summed E-state index contributed by atoms with van der Waals surface area (Å²) in [4.78, 5) is 6.53. The normalized spacial score (nSPS) is 28.4. The number of aliphatic hydroxyl groups is 1. The van der Waals surface area contributed by atoms with E-state index in [9.17, 15) is 5.11 Å². The summed E-state index contributed by atoms with van der Waals surface area (Å²) in [6.07, 6.45) is 5.36. The number of hydrogen-bond donors (Lipinski definition) is 1. The Bertz CT molecular complexity index is 440. The molecule has 2 rings (SSSR count). The number of nitrogens with zero attached hydrogens (tertiary/aromatic N) is 2. The molecule has 0 aromatic carbocycles. The largest absolute Gasteiger partial charge is 0.495 e. The van der Waals surface area contributed by atoms with E-state index in [-0.39, 0.29) is 5.54 Å². The first-order chi connectivity index (χ1) is 9.51. The standard InChI is InChI=1S/C16H26N2O2/c1-12-7-9-16(10-8-12,18(2)3)15(19)14-13(20-4)6-5-11-17-14/h5-6,11-12,15,19H,7-10H2,1-4H3. The SMILES string of the molecule is COc1cccnc1C(O)C1(N(C)C)CCC(C)CC1. The lowest BCUT2D eigenvalue weighted by molar-refractivity contribution is -0.0438. The van der Waals surface area contributed by atoms with Gasteiger partial charge in [-0.25, -0.2) is 0 Å². The van der Waals surface area contributed by atoms with Crippen molar-refractivity contribution in [1.82, 2.24) is 9.88 Å². The Morgan fingerprint density at radius 3 is 2.60 bits per heavy atom. The second kappa shape index (κ2) is 6.10. The summed E-state index contributed by atoms with van der Waals surface area (Å²) in [6.45, 7) is 2.29. The zero-order chi connectivity index (χ0) is 14.8. The van der Waals surface area contributed by atoms with Gasteiger partial charge in [0.25, 0.3) is 0 Å². The summed E-state index contributed by atoms with van der Waals surface area (Å²) in [5, 5.41) is 11.0. The molecule has 1 aliphatic carbocycles. The minimum absolute atomic E-state index is 0.242. The summed E-state index contributed by atoms with van der Waals surface area (Å²) >= 11 is 0. The van der Waals surface area contributed by atoms with Crippen molar-refractivity contribution >= 4 is 0 Å². The molecule has 0 radical (unpaired) electrons. The van der Waals surface area contributed by atoms with Crippen molar-refractivity contribution in [3.63, 3.8) is 0 Å². The highest BCUT2D eigenvalue weighted by Crippen LogP contribution is 2.44. The van der Waals surface area contributed by atoms with E-state index in [1.807, 2.05) is 12.1 Å². The average Bonchev–Trinajstić information content (AvgIpc) is 2.47. The Labute approximate surface area is 121 Å². The van der Waals surface area contributed by atoms with E-state index in [4.69, 9.17) is 4.74 Å². The lowest BCUT2D eigenvalue weighted by atomic mass is 9.72. The fraction of sp³-hybridized carbons (Fsp3) is 0.688. The highest BCUT2D eigenvalue weighted by molar-refractivity contribution is 5.31. The molecule has 4 heteroatoms. The van der Waals surface area contributed by atoms with Crippen molar-refractivity contribution in [3.8, 4) is 5.75 Å². The van der Waals surface area contributed by atoms with Crippen molar-refractivity contribution in [2.45, 2.75) is 44.2 Å². The van der Waals surface area contributed by atoms with Crippen LogP contribution in [0.1, 0.15) is 44.4 Å². The first-order valence-corrected chi connectivity index (χ1v) is 7.35. The molecule has 1 fully saturated rings. The minimum Gasteiger partial charge on any atom is -0.495 e. The number of pyridine rings is 1. The maximum atomic E-state index is 11.0. The van der Waals surface area contributed by atoms with Gasteiger partial charge in [0.15, 0.2) is 0 Å². The van der Waals surface area contributed by atoms with Crippen LogP contribution in [0, 0.1) is 5.92 Å². The van der Waals surface area contributed by atoms with Gasteiger partial charge in [0, 0.05) is 6.20 Å². The van der Waals surface area contributed by atoms with Gasteiger partial charge >= 0.3 is 0 Å². The molecule has 0 amide bonds. The molecule has 1 aromatic heterocycles. The summed E-state index contributed by atoms with van der Waals surface area (Å²) in [5.41, 5.74) is 0.409. The summed E-state index contributed by atoms with van der Waals surface area (Å²) < 4.78 is 5.36. The van der Waals surface area contributed by atoms with Gasteiger partial charge in [0.1, 0.15) is 17.5 Å². The van der Waals surface area contributed by atoms with E-state index in [0.717, 1.165) is 31.6 Å². The third kappa shape index (κ3) is 2.67. The van der Waals surface area contributed by atoms with Crippen molar-refractivity contribution in [2.24, 2.45) is 5.92 Å². The number of aromatic nitrogens is 1. The number of rotatable bonds is 4. The van der Waals surface area contributed by atoms with Gasteiger partial charge in [-0.3, -0.25) is 4.98 Å². The van der Waals surface area contributed by atoms with E-state index < -0.39 is 6.10 Å². The molecule has 1 heterocycles. The van der Waals surface area contributed by atoms with Crippen molar-refractivity contribution in [1.29, 1.82) is 0 Å². The van der Waals surface area contributed by atoms with Crippen LogP contribution >= 0.6 is 0 Å². The summed E-state index contributed by atoms with van der Waals surface area (Å²) in [7, 11) is 5.72. The van der Waals surface area contributed by atoms with Gasteiger partial charge in [0.05, 0.1) is 12.6 Å². The van der Waals surface area contributed by atoms with E-state index in [2.05, 4.69) is 30.9 Å². The maximum Gasteiger partial charge on any atom is 0.143 e. The van der Waals surface area contributed by atoms with Gasteiger partial charge in [-0.15, -0.1) is 0 Å². The fourth-order valence-electron chi connectivity index (χ4n) is 3.26. The number of likely N-dealkylation sites (N-methyl/N-ethyl adjacent to an activating group) is 1. The Kier molecular flexibility index (Phi) is 4.66. The van der Waals surface area contributed by atoms with Crippen LogP contribution in [0.3, 0.4) is 0 Å². The highest BCUT2D eigenvalue weighted by atomic mass is 16.5. The minimum atomic E-state index is -0.624. The molecule has 1 aliphatic rings. The van der Waals surface area contributed by atoms with Crippen LogP contribution in [0.4, 0.5) is 0 Å². The second-order valence-electron chi connectivity index (χ2n) is 6.17. The van der Waals surface area contributed by atoms with E-state index >= 15 is 0 Å². The molecule has 20 heavy (non-hydrogen) atoms. The van der Waals surface area contributed by atoms with Gasteiger partial charge in [0.2, 0.25) is 0 Å². The van der Waals surface area contributed by atoms with E-state index in [0.29, 0.717) is 11.4 Å². The Morgan fingerprint density at radius 1 is 1.40 bits per heavy atom. The number of aliphatic hydroxyl groups excluding tert-OH is 1. The van der Waals surface area contributed by atoms with Crippen LogP contribution < -0.4 is 4.74 Å². The average molecular weight is 278 g/mol. The molecule has 112 valence electrons. The quantitative estimate of drug-likeness (QED) is 0.919. The first-order valence-electron chi connectivity index (χ1n) is 7.35. The van der Waals surface area contributed by atoms with Crippen LogP contribution in [-0.4, -0.2) is 41.7 Å². The van der Waals surface area contributed by atoms with Crippen LogP contribution in [0.5, 0.6) is 5.75 Å². The molecular weight excluding hydrogens is 252 g/mol. The smallest absolute Gasteiger partial charge is 0.143 e. The van der Waals surface area contributed by atoms with Gasteiger partial charge < -0.3 is 14.7 Å². The Morgan fingerprint density at radius 2 is 2.05 bits per heavy atom. The predicted molar refractivity (Wildman–Crippen MR) is 79.8 cm³/mol. The molecule has 0 saturated heterocycles. The third-order valence-electron chi connectivity index (χ3n) is 4.82. The van der Waals surface area contributed by atoms with Crippen LogP contribution in [0.2, 0.25) is 0 Å². The van der Waals surface area contributed by atoms with E-state index in [1.54, 1.807) is 13.3 Å². The molecule has 0 spiro atoms. The highest BCUT2D eigenvalue weighted by Gasteiger charge is 2.44. The van der Waals surface area contributed by atoms with Gasteiger partial charge in [-0.1, -0.05) is 6.92 Å². The summed E-state index contributed by atoms with van der Waals surface area (Å²) in [6, 6.07) is 3.70. The van der Waals surface area contributed by atoms with Gasteiger partial charge in [-0.05, 0) is 57.8 Å². The zero-order valence-corrected chi connectivity index (χ0v) is 13.0. The number of methoxy groups -OCH3 is 1. The lowest BCUT2D eigenvalue weighted by Gasteiger charge is -2.47. The Hall–Kier alpha value is -1.13. The molecule has 0 bridgehead atoms. The Balaban J connectivity index is 2.34. The topological polar surface area (TPSA) is 45.6 Å². The first kappa shape index (κ1) is 15.3. The fourth-order valence-corrected chi connectivity index (χ4v) is 3.26. The van der Waals surface area contributed by atoms with Crippen molar-refractivity contribution in [3.05, 3.63) is 24.0 Å². The van der Waals surface area contributed by atoms with Crippen LogP contribution in [0.25, 0.3) is 0 Å². The van der Waals surface area contributed by atoms with Gasteiger partial charge in [-0.2, -0.15) is 0 Å². The number of ether oxygens (including phenoxy) is 1. The zero-order valence-electron chi connectivity index (χ0n) is 13.0. The molecule has 0 aliphatic heterocycles. The molecule has 1 N–H and O–H groups in total. The molecule has 1 saturated carbocycles. The van der Waals surface area contributed by atoms with Crippen molar-refractivity contribution < 1.29 is 9.84 Å². The molecule has 1 unspecified atom stereocenters. The molecule has 1 aromatic rings. The second-order valence-corrected chi connectivity index (χ2v) is 6.17. The van der Waals surface area contributed by atoms with Crippen LogP contribution in [-0.2, 0) is 0 Å². The predicted octanol–water partition coefficient (Wildman–Crippen LogP) is 2.63. The number of hydrogen-bond acceptors (Lipinski definition) is 4.